The predicted molar refractivity (Wildman–Crippen MR) is 44.8 cm³/mol. The van der Waals surface area contributed by atoms with Gasteiger partial charge in [0.05, 0.1) is 4.88 Å². The van der Waals surface area contributed by atoms with Gasteiger partial charge in [-0.25, -0.2) is 0 Å². The Morgan fingerprint density at radius 2 is 2.58 bits per heavy atom. The molecule has 0 aromatic carbocycles. The summed E-state index contributed by atoms with van der Waals surface area (Å²) in [6.45, 7) is 0. The molecule has 1 rings (SSSR count). The molecule has 1 heterocycles. The molecule has 0 aliphatic heterocycles. The van der Waals surface area contributed by atoms with Crippen LogP contribution in [0.4, 0.5) is 0 Å². The third kappa shape index (κ3) is 2.28. The third-order valence-electron chi connectivity index (χ3n) is 1.46. The molecule has 0 saturated heterocycles. The highest BCUT2D eigenvalue weighted by atomic mass is 32.1. The fourth-order valence-corrected chi connectivity index (χ4v) is 1.71. The normalized spacial score (nSPS) is 12.8. The van der Waals surface area contributed by atoms with Gasteiger partial charge in [-0.1, -0.05) is 11.3 Å². The molecule has 12 heavy (non-hydrogen) atoms. The molecule has 0 saturated carbocycles. The van der Waals surface area contributed by atoms with E-state index in [1.165, 1.54) is 11.3 Å². The summed E-state index contributed by atoms with van der Waals surface area (Å²) in [6.07, 6.45) is 2.29. The van der Waals surface area contributed by atoms with Crippen molar-refractivity contribution in [2.75, 3.05) is 0 Å². The zero-order valence-corrected chi connectivity index (χ0v) is 7.54. The Morgan fingerprint density at radius 1 is 1.92 bits per heavy atom. The molecule has 1 atom stereocenters. The molecule has 3 N–H and O–H groups in total. The van der Waals surface area contributed by atoms with Gasteiger partial charge < -0.3 is 10.8 Å². The highest BCUT2D eigenvalue weighted by Gasteiger charge is 2.14. The third-order valence-corrected chi connectivity index (χ3v) is 2.47. The number of nitrogens with zero attached hydrogens (tertiary/aromatic N) is 1. The molecule has 0 aliphatic carbocycles. The SMILES string of the molecule is C[n+]1csc(C[C@H](N)C(=O)O)c1. The van der Waals surface area contributed by atoms with E-state index in [0.717, 1.165) is 4.88 Å². The van der Waals surface area contributed by atoms with Crippen LogP contribution >= 0.6 is 11.3 Å². The lowest BCUT2D eigenvalue weighted by Crippen LogP contribution is -2.32. The fourth-order valence-electron chi connectivity index (χ4n) is 0.844. The van der Waals surface area contributed by atoms with Crippen molar-refractivity contribution in [2.45, 2.75) is 12.5 Å². The number of hydrogen-bond donors (Lipinski definition) is 2. The van der Waals surface area contributed by atoms with Crippen LogP contribution in [0, 0.1) is 0 Å². The Bertz CT molecular complexity index is 285. The molecule has 0 unspecified atom stereocenters. The van der Waals surface area contributed by atoms with Crippen LogP contribution in [-0.2, 0) is 18.3 Å². The molecular weight excluding hydrogens is 176 g/mol. The van der Waals surface area contributed by atoms with Gasteiger partial charge in [0.25, 0.3) is 0 Å². The quantitative estimate of drug-likeness (QED) is 0.628. The molecule has 0 aliphatic rings. The van der Waals surface area contributed by atoms with Crippen LogP contribution in [0.1, 0.15) is 4.88 Å². The second-order valence-corrected chi connectivity index (χ2v) is 3.60. The van der Waals surface area contributed by atoms with E-state index >= 15 is 0 Å². The van der Waals surface area contributed by atoms with Gasteiger partial charge in [-0.3, -0.25) is 4.79 Å². The number of hydrogen-bond acceptors (Lipinski definition) is 3. The van der Waals surface area contributed by atoms with E-state index in [1.54, 1.807) is 0 Å². The van der Waals surface area contributed by atoms with Crippen LogP contribution in [0.2, 0.25) is 0 Å². The molecular formula is C7H11N2O2S+. The first kappa shape index (κ1) is 9.15. The summed E-state index contributed by atoms with van der Waals surface area (Å²) in [5, 5.41) is 8.52. The molecule has 0 radical (unpaired) electrons. The molecule has 4 nitrogen and oxygen atoms in total. The number of thiazole rings is 1. The molecule has 0 bridgehead atoms. The molecule has 1 aromatic heterocycles. The topological polar surface area (TPSA) is 67.2 Å². The summed E-state index contributed by atoms with van der Waals surface area (Å²) < 4.78 is 1.88. The lowest BCUT2D eigenvalue weighted by molar-refractivity contribution is -0.666. The zero-order chi connectivity index (χ0) is 9.14. The molecule has 66 valence electrons. The maximum Gasteiger partial charge on any atom is 0.320 e. The predicted octanol–water partition coefficient (Wildman–Crippen LogP) is -0.473. The Balaban J connectivity index is 2.58. The van der Waals surface area contributed by atoms with Crippen molar-refractivity contribution >= 4 is 17.3 Å². The minimum absolute atomic E-state index is 0.404. The fraction of sp³-hybridized carbons (Fsp3) is 0.429. The van der Waals surface area contributed by atoms with Crippen molar-refractivity contribution in [3.05, 3.63) is 16.6 Å². The summed E-state index contributed by atoms with van der Waals surface area (Å²) in [7, 11) is 1.90. The van der Waals surface area contributed by atoms with Crippen LogP contribution in [0.15, 0.2) is 11.7 Å². The Kier molecular flexibility index (Phi) is 2.78. The van der Waals surface area contributed by atoms with Crippen molar-refractivity contribution < 1.29 is 14.5 Å². The second kappa shape index (κ2) is 3.64. The Morgan fingerprint density at radius 3 is 3.00 bits per heavy atom. The maximum absolute atomic E-state index is 10.4. The van der Waals surface area contributed by atoms with Gasteiger partial charge in [-0.15, -0.1) is 0 Å². The average Bonchev–Trinajstić information content (AvgIpc) is 2.35. The molecule has 5 heteroatoms. The maximum atomic E-state index is 10.4. The van der Waals surface area contributed by atoms with E-state index in [0.29, 0.717) is 6.42 Å². The van der Waals surface area contributed by atoms with Gasteiger partial charge >= 0.3 is 5.97 Å². The number of rotatable bonds is 3. The van der Waals surface area contributed by atoms with Crippen molar-refractivity contribution in [3.8, 4) is 0 Å². The van der Waals surface area contributed by atoms with E-state index in [2.05, 4.69) is 0 Å². The van der Waals surface area contributed by atoms with Crippen LogP contribution in [0.5, 0.6) is 0 Å². The number of aryl methyl sites for hydroxylation is 1. The second-order valence-electron chi connectivity index (χ2n) is 2.63. The van der Waals surface area contributed by atoms with Gasteiger partial charge in [-0.2, -0.15) is 4.57 Å². The van der Waals surface area contributed by atoms with Gasteiger partial charge in [0.15, 0.2) is 6.20 Å². The Hall–Kier alpha value is -0.940. The first-order valence-corrected chi connectivity index (χ1v) is 4.38. The first-order valence-electron chi connectivity index (χ1n) is 3.50. The number of carbonyl (C=O) groups is 1. The van der Waals surface area contributed by atoms with Crippen molar-refractivity contribution in [1.82, 2.24) is 0 Å². The number of carboxylic acid groups (broad SMARTS) is 1. The highest BCUT2D eigenvalue weighted by Crippen LogP contribution is 2.06. The average molecular weight is 187 g/mol. The van der Waals surface area contributed by atoms with Crippen LogP contribution < -0.4 is 10.3 Å². The summed E-state index contributed by atoms with van der Waals surface area (Å²) >= 11 is 1.51. The number of aromatic nitrogens is 1. The smallest absolute Gasteiger partial charge is 0.320 e. The van der Waals surface area contributed by atoms with E-state index in [-0.39, 0.29) is 0 Å². The monoisotopic (exact) mass is 187 g/mol. The van der Waals surface area contributed by atoms with Gasteiger partial charge in [-0.05, 0) is 0 Å². The standard InChI is InChI=1S/C7H10N2O2S/c1-9-3-5(12-4-9)2-6(8)7(10)11/h3-4,6H,2,8H2,1H3/p+1/t6-/m0/s1. The van der Waals surface area contributed by atoms with E-state index in [1.807, 2.05) is 23.3 Å². The van der Waals surface area contributed by atoms with Gasteiger partial charge in [0, 0.05) is 6.42 Å². The summed E-state index contributed by atoms with van der Waals surface area (Å²) in [4.78, 5) is 11.4. The van der Waals surface area contributed by atoms with Crippen LogP contribution in [0.25, 0.3) is 0 Å². The number of aliphatic carboxylic acids is 1. The van der Waals surface area contributed by atoms with Crippen molar-refractivity contribution in [3.63, 3.8) is 0 Å². The van der Waals surface area contributed by atoms with E-state index in [4.69, 9.17) is 10.8 Å². The molecule has 0 amide bonds. The lowest BCUT2D eigenvalue weighted by Gasteiger charge is -2.00. The van der Waals surface area contributed by atoms with E-state index < -0.39 is 12.0 Å². The minimum atomic E-state index is -0.953. The lowest BCUT2D eigenvalue weighted by atomic mass is 10.2. The first-order chi connectivity index (χ1) is 5.59. The highest BCUT2D eigenvalue weighted by molar-refractivity contribution is 7.09. The largest absolute Gasteiger partial charge is 0.480 e. The van der Waals surface area contributed by atoms with Crippen molar-refractivity contribution in [2.24, 2.45) is 12.8 Å². The summed E-state index contributed by atoms with van der Waals surface area (Å²) in [6, 6.07) is -0.788. The minimum Gasteiger partial charge on any atom is -0.480 e. The van der Waals surface area contributed by atoms with Gasteiger partial charge in [0.1, 0.15) is 13.1 Å². The molecule has 0 spiro atoms. The zero-order valence-electron chi connectivity index (χ0n) is 6.73. The molecule has 0 fully saturated rings. The van der Waals surface area contributed by atoms with Crippen LogP contribution in [-0.4, -0.2) is 17.1 Å². The summed E-state index contributed by atoms with van der Waals surface area (Å²) in [5.74, 6) is -0.953. The molecule has 1 aromatic rings. The van der Waals surface area contributed by atoms with Crippen molar-refractivity contribution in [1.29, 1.82) is 0 Å². The van der Waals surface area contributed by atoms with E-state index in [9.17, 15) is 4.79 Å². The number of carboxylic acids is 1. The van der Waals surface area contributed by atoms with Crippen LogP contribution in [0.3, 0.4) is 0 Å². The van der Waals surface area contributed by atoms with Gasteiger partial charge in [0.2, 0.25) is 5.51 Å². The number of nitrogens with two attached hydrogens (primary N) is 1. The Labute approximate surface area is 74.3 Å². The summed E-state index contributed by atoms with van der Waals surface area (Å²) in [5.41, 5.74) is 7.26.